The minimum atomic E-state index is -0.155. The molecule has 0 saturated carbocycles. The van der Waals surface area contributed by atoms with Crippen molar-refractivity contribution >= 4 is 17.6 Å². The van der Waals surface area contributed by atoms with Gasteiger partial charge in [0.1, 0.15) is 0 Å². The van der Waals surface area contributed by atoms with Crippen molar-refractivity contribution in [3.05, 3.63) is 12.2 Å². The van der Waals surface area contributed by atoms with Gasteiger partial charge in [-0.3, -0.25) is 14.4 Å². The topological polar surface area (TPSA) is 93.7 Å². The van der Waals surface area contributed by atoms with Gasteiger partial charge in [-0.2, -0.15) is 0 Å². The van der Waals surface area contributed by atoms with Crippen molar-refractivity contribution in [3.8, 4) is 0 Å². The minimum absolute atomic E-state index is 0.0179. The van der Waals surface area contributed by atoms with Gasteiger partial charge >= 0.3 is 0 Å². The summed E-state index contributed by atoms with van der Waals surface area (Å²) >= 11 is 0. The number of amides is 2. The van der Waals surface area contributed by atoms with E-state index in [1.54, 1.807) is 6.08 Å². The average molecular weight is 326 g/mol. The van der Waals surface area contributed by atoms with Crippen LogP contribution in [-0.4, -0.2) is 57.1 Å². The summed E-state index contributed by atoms with van der Waals surface area (Å²) in [5.41, 5.74) is 0. The van der Waals surface area contributed by atoms with Gasteiger partial charge in [-0.15, -0.1) is 0 Å². The number of ether oxygens (including phenoxy) is 2. The number of carbonyl (C=O) groups excluding carboxylic acids is 3. The molecule has 1 rings (SSSR count). The number of allylic oxidation sites excluding steroid dienone is 2. The zero-order valence-electron chi connectivity index (χ0n) is 13.5. The first-order chi connectivity index (χ1) is 11.2. The van der Waals surface area contributed by atoms with Gasteiger partial charge in [0.2, 0.25) is 11.8 Å². The van der Waals surface area contributed by atoms with Crippen molar-refractivity contribution in [2.45, 2.75) is 32.1 Å². The number of ketones is 1. The lowest BCUT2D eigenvalue weighted by molar-refractivity contribution is -0.124. The molecule has 0 aromatic heterocycles. The second kappa shape index (κ2) is 12.8. The van der Waals surface area contributed by atoms with Crippen LogP contribution in [0.2, 0.25) is 0 Å². The molecule has 2 amide bonds. The third-order valence-corrected chi connectivity index (χ3v) is 3.19. The molecule has 0 aromatic rings. The van der Waals surface area contributed by atoms with Gasteiger partial charge < -0.3 is 20.1 Å². The van der Waals surface area contributed by atoms with Crippen molar-refractivity contribution in [1.82, 2.24) is 10.6 Å². The molecule has 2 N–H and O–H groups in total. The Labute approximate surface area is 136 Å². The van der Waals surface area contributed by atoms with Gasteiger partial charge in [-0.25, -0.2) is 0 Å². The van der Waals surface area contributed by atoms with Crippen LogP contribution in [0.4, 0.5) is 0 Å². The van der Waals surface area contributed by atoms with Crippen LogP contribution in [0.15, 0.2) is 12.2 Å². The van der Waals surface area contributed by atoms with Crippen LogP contribution in [0.25, 0.3) is 0 Å². The third-order valence-electron chi connectivity index (χ3n) is 3.19. The quantitative estimate of drug-likeness (QED) is 0.669. The fourth-order valence-corrected chi connectivity index (χ4v) is 1.94. The minimum Gasteiger partial charge on any atom is -0.377 e. The lowest BCUT2D eigenvalue weighted by Crippen LogP contribution is -2.28. The van der Waals surface area contributed by atoms with Gasteiger partial charge in [0.15, 0.2) is 5.78 Å². The molecule has 0 aromatic carbocycles. The second-order valence-corrected chi connectivity index (χ2v) is 5.19. The van der Waals surface area contributed by atoms with Crippen molar-refractivity contribution < 1.29 is 23.9 Å². The zero-order valence-corrected chi connectivity index (χ0v) is 13.5. The van der Waals surface area contributed by atoms with E-state index >= 15 is 0 Å². The van der Waals surface area contributed by atoms with Gasteiger partial charge in [-0.05, 0) is 18.9 Å². The lowest BCUT2D eigenvalue weighted by Gasteiger charge is -2.08. The summed E-state index contributed by atoms with van der Waals surface area (Å²) in [5, 5.41) is 5.48. The summed E-state index contributed by atoms with van der Waals surface area (Å²) < 4.78 is 10.6. The van der Waals surface area contributed by atoms with Crippen LogP contribution in [0.5, 0.6) is 0 Å². The summed E-state index contributed by atoms with van der Waals surface area (Å²) in [6.07, 6.45) is 5.38. The van der Waals surface area contributed by atoms with Crippen molar-refractivity contribution in [1.29, 1.82) is 0 Å². The molecular weight excluding hydrogens is 300 g/mol. The Hall–Kier alpha value is -1.73. The molecular formula is C16H26N2O5. The monoisotopic (exact) mass is 326 g/mol. The highest BCUT2D eigenvalue weighted by atomic mass is 16.5. The normalized spacial score (nSPS) is 22.7. The third kappa shape index (κ3) is 11.5. The fourth-order valence-electron chi connectivity index (χ4n) is 1.94. The second-order valence-electron chi connectivity index (χ2n) is 5.19. The summed E-state index contributed by atoms with van der Waals surface area (Å²) in [6.45, 7) is 2.62. The highest BCUT2D eigenvalue weighted by molar-refractivity contribution is 5.92. The maximum atomic E-state index is 11.6. The molecule has 1 heterocycles. The van der Waals surface area contributed by atoms with Crippen molar-refractivity contribution in [3.63, 3.8) is 0 Å². The van der Waals surface area contributed by atoms with Crippen LogP contribution in [0, 0.1) is 0 Å². The largest absolute Gasteiger partial charge is 0.377 e. The maximum absolute atomic E-state index is 11.6. The molecule has 7 heteroatoms. The molecule has 0 spiro atoms. The number of nitrogens with one attached hydrogen (secondary N) is 2. The predicted molar refractivity (Wildman–Crippen MR) is 84.9 cm³/mol. The Kier molecular flexibility index (Phi) is 10.7. The number of carbonyl (C=O) groups is 3. The van der Waals surface area contributed by atoms with E-state index in [-0.39, 0.29) is 30.4 Å². The molecule has 130 valence electrons. The Morgan fingerprint density at radius 3 is 2.04 bits per heavy atom. The molecule has 1 aliphatic heterocycles. The summed E-state index contributed by atoms with van der Waals surface area (Å²) in [6, 6.07) is 0. The number of rotatable bonds is 0. The van der Waals surface area contributed by atoms with Gasteiger partial charge in [-0.1, -0.05) is 6.08 Å². The van der Waals surface area contributed by atoms with Gasteiger partial charge in [0.05, 0.1) is 26.4 Å². The summed E-state index contributed by atoms with van der Waals surface area (Å²) in [4.78, 5) is 34.6. The van der Waals surface area contributed by atoms with E-state index < -0.39 is 0 Å². The van der Waals surface area contributed by atoms with E-state index in [1.807, 2.05) is 0 Å². The number of hydrogen-bond acceptors (Lipinski definition) is 5. The fraction of sp³-hybridized carbons (Fsp3) is 0.688. The molecule has 0 bridgehead atoms. The SMILES string of the molecule is O=C1/C=C\CCCC(=O)NCCOCCOCCNC(=O)CC1. The highest BCUT2D eigenvalue weighted by Crippen LogP contribution is 1.99. The Morgan fingerprint density at radius 1 is 0.783 bits per heavy atom. The van der Waals surface area contributed by atoms with Crippen LogP contribution < -0.4 is 10.6 Å². The first-order valence-corrected chi connectivity index (χ1v) is 8.07. The van der Waals surface area contributed by atoms with E-state index in [4.69, 9.17) is 9.47 Å². The Bertz CT molecular complexity index is 409. The predicted octanol–water partition coefficient (Wildman–Crippen LogP) is 0.341. The van der Waals surface area contributed by atoms with E-state index in [0.29, 0.717) is 58.8 Å². The molecule has 0 aliphatic carbocycles. The molecule has 0 unspecified atom stereocenters. The smallest absolute Gasteiger partial charge is 0.220 e. The lowest BCUT2D eigenvalue weighted by atomic mass is 10.1. The van der Waals surface area contributed by atoms with E-state index in [1.165, 1.54) is 6.08 Å². The Balaban J connectivity index is 2.34. The van der Waals surface area contributed by atoms with Crippen molar-refractivity contribution in [2.75, 3.05) is 39.5 Å². The van der Waals surface area contributed by atoms with E-state index in [2.05, 4.69) is 10.6 Å². The maximum Gasteiger partial charge on any atom is 0.220 e. The number of hydrogen-bond donors (Lipinski definition) is 2. The molecule has 0 atom stereocenters. The Morgan fingerprint density at radius 2 is 1.39 bits per heavy atom. The molecule has 23 heavy (non-hydrogen) atoms. The van der Waals surface area contributed by atoms with Crippen LogP contribution in [0.1, 0.15) is 32.1 Å². The van der Waals surface area contributed by atoms with E-state index in [9.17, 15) is 14.4 Å². The first kappa shape index (κ1) is 19.3. The molecule has 0 saturated heterocycles. The van der Waals surface area contributed by atoms with E-state index in [0.717, 1.165) is 0 Å². The molecule has 1 aliphatic rings. The van der Waals surface area contributed by atoms with Crippen molar-refractivity contribution in [2.24, 2.45) is 0 Å². The first-order valence-electron chi connectivity index (χ1n) is 8.07. The van der Waals surface area contributed by atoms with Crippen LogP contribution in [-0.2, 0) is 23.9 Å². The standard InChI is InChI=1S/C16H26N2O5/c19-14-4-2-1-3-5-15(20)17-8-10-22-12-13-23-11-9-18-16(21)7-6-14/h2,4H,1,3,5-13H2,(H,17,20)(H,18,21)/b4-2-. The van der Waals surface area contributed by atoms with Gasteiger partial charge in [0, 0.05) is 32.4 Å². The summed E-state index contributed by atoms with van der Waals surface area (Å²) in [7, 11) is 0. The van der Waals surface area contributed by atoms with Crippen LogP contribution in [0.3, 0.4) is 0 Å². The molecule has 0 radical (unpaired) electrons. The molecule has 7 nitrogen and oxygen atoms in total. The zero-order chi connectivity index (χ0) is 16.8. The average Bonchev–Trinajstić information content (AvgIpc) is 2.53. The van der Waals surface area contributed by atoms with Crippen LogP contribution >= 0.6 is 0 Å². The summed E-state index contributed by atoms with van der Waals surface area (Å²) in [5.74, 6) is -0.249. The van der Waals surface area contributed by atoms with Gasteiger partial charge in [0.25, 0.3) is 0 Å². The highest BCUT2D eigenvalue weighted by Gasteiger charge is 2.05. The molecule has 0 fully saturated rings.